The van der Waals surface area contributed by atoms with Crippen LogP contribution in [0.3, 0.4) is 0 Å². The van der Waals surface area contributed by atoms with Crippen molar-refractivity contribution in [2.75, 3.05) is 5.73 Å². The van der Waals surface area contributed by atoms with Crippen LogP contribution in [0.15, 0.2) is 41.1 Å². The molecule has 5 heteroatoms. The van der Waals surface area contributed by atoms with Crippen molar-refractivity contribution in [1.82, 2.24) is 10.5 Å². The Labute approximate surface area is 110 Å². The number of hydrogen-bond acceptors (Lipinski definition) is 4. The normalized spacial score (nSPS) is 16.0. The second-order valence-electron chi connectivity index (χ2n) is 4.87. The summed E-state index contributed by atoms with van der Waals surface area (Å²) in [5, 5.41) is 6.50. The van der Waals surface area contributed by atoms with E-state index in [1.807, 2.05) is 24.3 Å². The standard InChI is InChI=1S/C14H15N3O2/c15-11-3-1-10(2-4-11)14(6-7-14)13(18)16-9-12-5-8-17-19-12/h1-5,8H,6-7,9,15H2,(H,16,18). The molecule has 1 aliphatic rings. The summed E-state index contributed by atoms with van der Waals surface area (Å²) in [5.41, 5.74) is 7.02. The van der Waals surface area contributed by atoms with E-state index >= 15 is 0 Å². The van der Waals surface area contributed by atoms with Crippen LogP contribution in [-0.2, 0) is 16.8 Å². The number of rotatable bonds is 4. The van der Waals surface area contributed by atoms with Crippen molar-refractivity contribution < 1.29 is 9.32 Å². The summed E-state index contributed by atoms with van der Waals surface area (Å²) in [6.45, 7) is 0.371. The molecule has 0 saturated heterocycles. The monoisotopic (exact) mass is 257 g/mol. The van der Waals surface area contributed by atoms with E-state index in [1.54, 1.807) is 12.3 Å². The number of aromatic nitrogens is 1. The SMILES string of the molecule is Nc1ccc(C2(C(=O)NCc3ccno3)CC2)cc1. The molecule has 0 unspecified atom stereocenters. The Morgan fingerprint density at radius 1 is 1.32 bits per heavy atom. The van der Waals surface area contributed by atoms with E-state index in [2.05, 4.69) is 10.5 Å². The molecule has 1 fully saturated rings. The van der Waals surface area contributed by atoms with Gasteiger partial charge in [-0.05, 0) is 30.5 Å². The van der Waals surface area contributed by atoms with E-state index < -0.39 is 0 Å². The zero-order chi connectivity index (χ0) is 13.3. The second-order valence-corrected chi connectivity index (χ2v) is 4.87. The van der Waals surface area contributed by atoms with Crippen molar-refractivity contribution in [3.05, 3.63) is 47.9 Å². The predicted octanol–water partition coefficient (Wildman–Crippen LogP) is 1.60. The molecule has 5 nitrogen and oxygen atoms in total. The van der Waals surface area contributed by atoms with E-state index in [0.29, 0.717) is 18.0 Å². The van der Waals surface area contributed by atoms with Crippen LogP contribution in [0.2, 0.25) is 0 Å². The third kappa shape index (κ3) is 2.19. The Morgan fingerprint density at radius 3 is 2.63 bits per heavy atom. The summed E-state index contributed by atoms with van der Waals surface area (Å²) in [4.78, 5) is 12.3. The maximum Gasteiger partial charge on any atom is 0.231 e. The summed E-state index contributed by atoms with van der Waals surface area (Å²) < 4.78 is 4.96. The Hall–Kier alpha value is -2.30. The number of carbonyl (C=O) groups excluding carboxylic acids is 1. The minimum absolute atomic E-state index is 0.0358. The van der Waals surface area contributed by atoms with E-state index in [1.165, 1.54) is 0 Å². The molecule has 0 bridgehead atoms. The number of amides is 1. The molecule has 2 aromatic rings. The third-order valence-electron chi connectivity index (χ3n) is 3.56. The lowest BCUT2D eigenvalue weighted by molar-refractivity contribution is -0.123. The molecule has 98 valence electrons. The first-order valence-corrected chi connectivity index (χ1v) is 6.25. The molecule has 1 saturated carbocycles. The molecular formula is C14H15N3O2. The lowest BCUT2D eigenvalue weighted by atomic mass is 9.95. The van der Waals surface area contributed by atoms with Gasteiger partial charge in [0.25, 0.3) is 0 Å². The summed E-state index contributed by atoms with van der Waals surface area (Å²) in [7, 11) is 0. The fourth-order valence-corrected chi connectivity index (χ4v) is 2.24. The van der Waals surface area contributed by atoms with Gasteiger partial charge in [0.2, 0.25) is 5.91 Å². The Kier molecular flexibility index (Phi) is 2.74. The quantitative estimate of drug-likeness (QED) is 0.815. The summed E-state index contributed by atoms with van der Waals surface area (Å²) >= 11 is 0. The van der Waals surface area contributed by atoms with Crippen molar-refractivity contribution in [2.24, 2.45) is 0 Å². The van der Waals surface area contributed by atoms with Gasteiger partial charge in [0, 0.05) is 11.8 Å². The van der Waals surface area contributed by atoms with Crippen LogP contribution in [0.5, 0.6) is 0 Å². The fourth-order valence-electron chi connectivity index (χ4n) is 2.24. The molecule has 1 aliphatic carbocycles. The predicted molar refractivity (Wildman–Crippen MR) is 70.1 cm³/mol. The molecule has 0 radical (unpaired) electrons. The molecule has 3 N–H and O–H groups in total. The Balaban J connectivity index is 1.70. The van der Waals surface area contributed by atoms with Crippen LogP contribution in [0.25, 0.3) is 0 Å². The number of hydrogen-bond donors (Lipinski definition) is 2. The molecule has 1 aromatic carbocycles. The van der Waals surface area contributed by atoms with Gasteiger partial charge in [-0.2, -0.15) is 0 Å². The van der Waals surface area contributed by atoms with E-state index in [4.69, 9.17) is 10.3 Å². The van der Waals surface area contributed by atoms with Gasteiger partial charge in [-0.3, -0.25) is 4.79 Å². The number of nitrogens with zero attached hydrogens (tertiary/aromatic N) is 1. The Bertz CT molecular complexity index is 571. The van der Waals surface area contributed by atoms with Gasteiger partial charge in [-0.15, -0.1) is 0 Å². The van der Waals surface area contributed by atoms with Crippen molar-refractivity contribution >= 4 is 11.6 Å². The summed E-state index contributed by atoms with van der Waals surface area (Å²) in [5.74, 6) is 0.690. The second kappa shape index (κ2) is 4.42. The number of nitrogens with two attached hydrogens (primary N) is 1. The lowest BCUT2D eigenvalue weighted by Crippen LogP contribution is -2.34. The van der Waals surface area contributed by atoms with E-state index in [0.717, 1.165) is 18.4 Å². The van der Waals surface area contributed by atoms with Crippen LogP contribution >= 0.6 is 0 Å². The average molecular weight is 257 g/mol. The topological polar surface area (TPSA) is 81.2 Å². The minimum Gasteiger partial charge on any atom is -0.399 e. The van der Waals surface area contributed by atoms with Crippen molar-refractivity contribution in [3.63, 3.8) is 0 Å². The minimum atomic E-state index is -0.381. The maximum atomic E-state index is 12.3. The molecule has 0 atom stereocenters. The molecule has 19 heavy (non-hydrogen) atoms. The Morgan fingerprint density at radius 2 is 2.05 bits per heavy atom. The zero-order valence-electron chi connectivity index (χ0n) is 10.4. The van der Waals surface area contributed by atoms with Gasteiger partial charge in [-0.25, -0.2) is 0 Å². The first-order valence-electron chi connectivity index (χ1n) is 6.25. The third-order valence-corrected chi connectivity index (χ3v) is 3.56. The van der Waals surface area contributed by atoms with Crippen LogP contribution in [0, 0.1) is 0 Å². The van der Waals surface area contributed by atoms with E-state index in [9.17, 15) is 4.79 Å². The summed E-state index contributed by atoms with van der Waals surface area (Å²) in [6.07, 6.45) is 3.31. The summed E-state index contributed by atoms with van der Waals surface area (Å²) in [6, 6.07) is 9.26. The fraction of sp³-hybridized carbons (Fsp3) is 0.286. The van der Waals surface area contributed by atoms with Crippen LogP contribution < -0.4 is 11.1 Å². The van der Waals surface area contributed by atoms with Crippen molar-refractivity contribution in [3.8, 4) is 0 Å². The number of anilines is 1. The smallest absolute Gasteiger partial charge is 0.231 e. The highest BCUT2D eigenvalue weighted by Crippen LogP contribution is 2.48. The van der Waals surface area contributed by atoms with Gasteiger partial charge in [0.1, 0.15) is 0 Å². The highest BCUT2D eigenvalue weighted by Gasteiger charge is 2.51. The molecular weight excluding hydrogens is 242 g/mol. The molecule has 0 aliphatic heterocycles. The molecule has 3 rings (SSSR count). The number of nitrogen functional groups attached to an aromatic ring is 1. The van der Waals surface area contributed by atoms with Gasteiger partial charge < -0.3 is 15.6 Å². The van der Waals surface area contributed by atoms with Crippen molar-refractivity contribution in [1.29, 1.82) is 0 Å². The lowest BCUT2D eigenvalue weighted by Gasteiger charge is -2.15. The highest BCUT2D eigenvalue weighted by molar-refractivity contribution is 5.91. The van der Waals surface area contributed by atoms with Gasteiger partial charge >= 0.3 is 0 Å². The van der Waals surface area contributed by atoms with Crippen LogP contribution in [0.1, 0.15) is 24.2 Å². The van der Waals surface area contributed by atoms with E-state index in [-0.39, 0.29) is 11.3 Å². The molecule has 1 aromatic heterocycles. The number of benzene rings is 1. The van der Waals surface area contributed by atoms with Crippen molar-refractivity contribution in [2.45, 2.75) is 24.8 Å². The zero-order valence-corrected chi connectivity index (χ0v) is 10.4. The first-order chi connectivity index (χ1) is 9.21. The average Bonchev–Trinajstić information content (AvgIpc) is 3.07. The van der Waals surface area contributed by atoms with Crippen LogP contribution in [-0.4, -0.2) is 11.1 Å². The maximum absolute atomic E-state index is 12.3. The highest BCUT2D eigenvalue weighted by atomic mass is 16.5. The molecule has 0 spiro atoms. The largest absolute Gasteiger partial charge is 0.399 e. The number of carbonyl (C=O) groups is 1. The van der Waals surface area contributed by atoms with Gasteiger partial charge in [0.15, 0.2) is 5.76 Å². The van der Waals surface area contributed by atoms with Gasteiger partial charge in [-0.1, -0.05) is 17.3 Å². The molecule has 1 heterocycles. The van der Waals surface area contributed by atoms with Gasteiger partial charge in [0.05, 0.1) is 18.2 Å². The van der Waals surface area contributed by atoms with Crippen LogP contribution in [0.4, 0.5) is 5.69 Å². The first kappa shape index (κ1) is 11.8. The number of nitrogens with one attached hydrogen (secondary N) is 1. The molecule has 1 amide bonds.